The Balaban J connectivity index is 1.53. The Morgan fingerprint density at radius 1 is 1.00 bits per heavy atom. The van der Waals surface area contributed by atoms with Crippen molar-refractivity contribution in [2.75, 3.05) is 42.9 Å². The molecule has 176 valence electrons. The molecule has 0 unspecified atom stereocenters. The molecule has 0 radical (unpaired) electrons. The second-order valence-corrected chi connectivity index (χ2v) is 8.32. The van der Waals surface area contributed by atoms with E-state index in [1.807, 2.05) is 38.1 Å². The van der Waals surface area contributed by atoms with Gasteiger partial charge >= 0.3 is 0 Å². The first-order valence-corrected chi connectivity index (χ1v) is 11.3. The van der Waals surface area contributed by atoms with Gasteiger partial charge in [0.2, 0.25) is 11.8 Å². The Bertz CT molecular complexity index is 985. The van der Waals surface area contributed by atoms with Gasteiger partial charge in [0.1, 0.15) is 12.4 Å². The predicted octanol–water partition coefficient (Wildman–Crippen LogP) is 3.37. The molecule has 0 bridgehead atoms. The number of rotatable bonds is 7. The fraction of sp³-hybridized carbons (Fsp3) is 0.400. The highest BCUT2D eigenvalue weighted by Gasteiger charge is 2.24. The third-order valence-electron chi connectivity index (χ3n) is 5.75. The zero-order chi connectivity index (χ0) is 24.0. The van der Waals surface area contributed by atoms with Crippen molar-refractivity contribution in [1.29, 1.82) is 0 Å². The summed E-state index contributed by atoms with van der Waals surface area (Å²) in [6.07, 6.45) is 0.360. The third-order valence-corrected chi connectivity index (χ3v) is 5.75. The average Bonchev–Trinajstić information content (AvgIpc) is 2.82. The number of hydrogen-bond acceptors (Lipinski definition) is 4. The molecule has 1 saturated heterocycles. The summed E-state index contributed by atoms with van der Waals surface area (Å²) in [7, 11) is 0. The number of carbonyl (C=O) groups is 3. The van der Waals surface area contributed by atoms with Crippen LogP contribution in [0.25, 0.3) is 0 Å². The second-order valence-electron chi connectivity index (χ2n) is 8.32. The van der Waals surface area contributed by atoms with Crippen molar-refractivity contribution in [3.8, 4) is 0 Å². The van der Waals surface area contributed by atoms with E-state index in [1.54, 1.807) is 28.9 Å². The number of halogens is 1. The summed E-state index contributed by atoms with van der Waals surface area (Å²) in [5, 5.41) is 2.84. The lowest BCUT2D eigenvalue weighted by Crippen LogP contribution is -2.49. The molecular formula is C25H31FN4O3. The van der Waals surface area contributed by atoms with E-state index < -0.39 is 5.82 Å². The van der Waals surface area contributed by atoms with Crippen molar-refractivity contribution in [3.63, 3.8) is 0 Å². The van der Waals surface area contributed by atoms with E-state index >= 15 is 0 Å². The van der Waals surface area contributed by atoms with Gasteiger partial charge in [-0.2, -0.15) is 0 Å². The zero-order valence-corrected chi connectivity index (χ0v) is 19.4. The molecule has 8 heteroatoms. The molecule has 2 aromatic carbocycles. The standard InChI is InChI=1S/C25H31FN4O3/c1-4-24(32)30(18(2)3)17-23(31)27-19-9-11-20(12-10-19)28-13-15-29(16-14-28)25(33)21-7-5-6-8-22(21)26/h5-12,18H,4,13-17H2,1-3H3,(H,27,31). The van der Waals surface area contributed by atoms with Gasteiger partial charge in [0.15, 0.2) is 0 Å². The molecule has 1 heterocycles. The van der Waals surface area contributed by atoms with Gasteiger partial charge in [-0.05, 0) is 50.2 Å². The van der Waals surface area contributed by atoms with Gasteiger partial charge in [0.25, 0.3) is 5.91 Å². The summed E-state index contributed by atoms with van der Waals surface area (Å²) in [5.41, 5.74) is 1.74. The van der Waals surface area contributed by atoms with Crippen molar-refractivity contribution in [2.45, 2.75) is 33.2 Å². The molecule has 7 nitrogen and oxygen atoms in total. The molecule has 1 aliphatic heterocycles. The Kier molecular flexibility index (Phi) is 8.03. The molecule has 0 saturated carbocycles. The summed E-state index contributed by atoms with van der Waals surface area (Å²) in [6.45, 7) is 7.85. The lowest BCUT2D eigenvalue weighted by Gasteiger charge is -2.36. The largest absolute Gasteiger partial charge is 0.368 e. The van der Waals surface area contributed by atoms with E-state index in [2.05, 4.69) is 10.2 Å². The lowest BCUT2D eigenvalue weighted by molar-refractivity contribution is -0.136. The number of piperazine rings is 1. The average molecular weight is 455 g/mol. The van der Waals surface area contributed by atoms with E-state index in [1.165, 1.54) is 12.1 Å². The summed E-state index contributed by atoms with van der Waals surface area (Å²) in [6, 6.07) is 13.5. The monoisotopic (exact) mass is 454 g/mol. The van der Waals surface area contributed by atoms with Crippen LogP contribution in [0.1, 0.15) is 37.6 Å². The highest BCUT2D eigenvalue weighted by molar-refractivity contribution is 5.95. The van der Waals surface area contributed by atoms with Crippen LogP contribution in [0, 0.1) is 5.82 Å². The van der Waals surface area contributed by atoms with Crippen molar-refractivity contribution in [1.82, 2.24) is 9.80 Å². The van der Waals surface area contributed by atoms with Crippen molar-refractivity contribution in [3.05, 3.63) is 59.9 Å². The summed E-state index contributed by atoms with van der Waals surface area (Å²) in [4.78, 5) is 42.4. The summed E-state index contributed by atoms with van der Waals surface area (Å²) < 4.78 is 13.9. The van der Waals surface area contributed by atoms with Gasteiger partial charge in [0.05, 0.1) is 5.56 Å². The SMILES string of the molecule is CCC(=O)N(CC(=O)Nc1ccc(N2CCN(C(=O)c3ccccc3F)CC2)cc1)C(C)C. The fourth-order valence-electron chi connectivity index (χ4n) is 3.85. The predicted molar refractivity (Wildman–Crippen MR) is 127 cm³/mol. The Morgan fingerprint density at radius 3 is 2.21 bits per heavy atom. The third kappa shape index (κ3) is 6.09. The topological polar surface area (TPSA) is 73.0 Å². The molecule has 0 spiro atoms. The molecule has 0 aromatic heterocycles. The van der Waals surface area contributed by atoms with Crippen LogP contribution >= 0.6 is 0 Å². The number of amides is 3. The second kappa shape index (κ2) is 10.9. The molecule has 0 atom stereocenters. The van der Waals surface area contributed by atoms with Gasteiger partial charge in [-0.15, -0.1) is 0 Å². The van der Waals surface area contributed by atoms with Crippen LogP contribution in [-0.2, 0) is 9.59 Å². The summed E-state index contributed by atoms with van der Waals surface area (Å²) >= 11 is 0. The quantitative estimate of drug-likeness (QED) is 0.696. The van der Waals surface area contributed by atoms with E-state index in [9.17, 15) is 18.8 Å². The highest BCUT2D eigenvalue weighted by Crippen LogP contribution is 2.21. The first-order chi connectivity index (χ1) is 15.8. The van der Waals surface area contributed by atoms with Crippen LogP contribution in [0.2, 0.25) is 0 Å². The van der Waals surface area contributed by atoms with Crippen LogP contribution in [-0.4, -0.2) is 66.3 Å². The Hall–Kier alpha value is -3.42. The van der Waals surface area contributed by atoms with Crippen LogP contribution in [0.15, 0.2) is 48.5 Å². The van der Waals surface area contributed by atoms with Gasteiger partial charge < -0.3 is 20.0 Å². The number of carbonyl (C=O) groups excluding carboxylic acids is 3. The van der Waals surface area contributed by atoms with Crippen molar-refractivity contribution >= 4 is 29.1 Å². The fourth-order valence-corrected chi connectivity index (χ4v) is 3.85. The summed E-state index contributed by atoms with van der Waals surface area (Å²) in [5.74, 6) is -1.08. The van der Waals surface area contributed by atoms with E-state index in [0.29, 0.717) is 38.3 Å². The van der Waals surface area contributed by atoms with Gasteiger partial charge in [-0.1, -0.05) is 19.1 Å². The molecule has 3 rings (SSSR count). The lowest BCUT2D eigenvalue weighted by atomic mass is 10.1. The smallest absolute Gasteiger partial charge is 0.256 e. The first kappa shape index (κ1) is 24.2. The van der Waals surface area contributed by atoms with Gasteiger partial charge in [0, 0.05) is 50.0 Å². The van der Waals surface area contributed by atoms with Gasteiger partial charge in [-0.25, -0.2) is 4.39 Å². The normalized spacial score (nSPS) is 13.7. The van der Waals surface area contributed by atoms with E-state index in [4.69, 9.17) is 0 Å². The van der Waals surface area contributed by atoms with E-state index in [0.717, 1.165) is 5.69 Å². The van der Waals surface area contributed by atoms with Gasteiger partial charge in [-0.3, -0.25) is 14.4 Å². The van der Waals surface area contributed by atoms with Crippen molar-refractivity contribution < 1.29 is 18.8 Å². The minimum Gasteiger partial charge on any atom is -0.368 e. The number of anilines is 2. The van der Waals surface area contributed by atoms with Crippen LogP contribution in [0.4, 0.5) is 15.8 Å². The molecule has 2 aromatic rings. The number of hydrogen-bond donors (Lipinski definition) is 1. The van der Waals surface area contributed by atoms with Crippen LogP contribution < -0.4 is 10.2 Å². The van der Waals surface area contributed by atoms with Crippen LogP contribution in [0.3, 0.4) is 0 Å². The number of benzene rings is 2. The molecule has 1 aliphatic rings. The number of nitrogens with zero attached hydrogens (tertiary/aromatic N) is 3. The Morgan fingerprint density at radius 2 is 1.64 bits per heavy atom. The first-order valence-electron chi connectivity index (χ1n) is 11.3. The molecule has 33 heavy (non-hydrogen) atoms. The molecule has 3 amide bonds. The highest BCUT2D eigenvalue weighted by atomic mass is 19.1. The molecule has 1 N–H and O–H groups in total. The maximum Gasteiger partial charge on any atom is 0.256 e. The zero-order valence-electron chi connectivity index (χ0n) is 19.4. The molecular weight excluding hydrogens is 423 g/mol. The van der Waals surface area contributed by atoms with Crippen LogP contribution in [0.5, 0.6) is 0 Å². The maximum atomic E-state index is 13.9. The molecule has 1 fully saturated rings. The minimum absolute atomic E-state index is 0.0179. The van der Waals surface area contributed by atoms with Crippen molar-refractivity contribution in [2.24, 2.45) is 0 Å². The minimum atomic E-state index is -0.502. The van der Waals surface area contributed by atoms with E-state index in [-0.39, 0.29) is 35.9 Å². The Labute approximate surface area is 194 Å². The number of nitrogens with one attached hydrogen (secondary N) is 1. The molecule has 0 aliphatic carbocycles. The maximum absolute atomic E-state index is 13.9.